The number of carbonyl (C=O) groups excluding carboxylic acids is 2. The minimum absolute atomic E-state index is 0.0490. The molecule has 7 nitrogen and oxygen atoms in total. The Bertz CT molecular complexity index is 1300. The Morgan fingerprint density at radius 2 is 1.94 bits per heavy atom. The highest BCUT2D eigenvalue weighted by Crippen LogP contribution is 2.22. The number of para-hydroxylation sites is 1. The first-order valence-electron chi connectivity index (χ1n) is 12.9. The fourth-order valence-electron chi connectivity index (χ4n) is 4.73. The van der Waals surface area contributed by atoms with E-state index in [4.69, 9.17) is 0 Å². The lowest BCUT2D eigenvalue weighted by atomic mass is 10.0. The number of aromatic amines is 1. The smallest absolute Gasteiger partial charge is 0.274 e. The van der Waals surface area contributed by atoms with Crippen molar-refractivity contribution in [3.63, 3.8) is 0 Å². The number of pyridine rings is 1. The normalized spacial score (nSPS) is 13.8. The van der Waals surface area contributed by atoms with Crippen molar-refractivity contribution in [3.8, 4) is 0 Å². The Morgan fingerprint density at radius 3 is 2.72 bits per heavy atom. The summed E-state index contributed by atoms with van der Waals surface area (Å²) < 4.78 is 1.61. The third kappa shape index (κ3) is 6.53. The molecule has 0 saturated carbocycles. The molecule has 0 atom stereocenters. The number of amides is 2. The zero-order valence-electron chi connectivity index (χ0n) is 21.3. The highest BCUT2D eigenvalue weighted by Gasteiger charge is 2.15. The SMILES string of the molecule is CC(C)Cc1cccc2cc(Cn3cccc(NC(=O)CCC/C=C/C(=O)N4CCCC4)c3=O)[nH]c12. The molecule has 1 saturated heterocycles. The average Bonchev–Trinajstić information content (AvgIpc) is 3.52. The van der Waals surface area contributed by atoms with Crippen LogP contribution >= 0.6 is 0 Å². The minimum Gasteiger partial charge on any atom is -0.357 e. The molecule has 3 heterocycles. The summed E-state index contributed by atoms with van der Waals surface area (Å²) in [6, 6.07) is 11.8. The van der Waals surface area contributed by atoms with Gasteiger partial charge in [-0.3, -0.25) is 14.4 Å². The van der Waals surface area contributed by atoms with Gasteiger partial charge in [0.15, 0.2) is 0 Å². The molecule has 1 aliphatic rings. The van der Waals surface area contributed by atoms with E-state index >= 15 is 0 Å². The van der Waals surface area contributed by atoms with Crippen LogP contribution in [0, 0.1) is 5.92 Å². The van der Waals surface area contributed by atoms with Gasteiger partial charge in [-0.25, -0.2) is 0 Å². The number of benzene rings is 1. The number of anilines is 1. The molecule has 190 valence electrons. The van der Waals surface area contributed by atoms with Crippen molar-refractivity contribution in [1.29, 1.82) is 0 Å². The van der Waals surface area contributed by atoms with Crippen molar-refractivity contribution < 1.29 is 9.59 Å². The molecule has 1 aliphatic heterocycles. The number of hydrogen-bond acceptors (Lipinski definition) is 3. The highest BCUT2D eigenvalue weighted by atomic mass is 16.2. The maximum atomic E-state index is 13.0. The van der Waals surface area contributed by atoms with Crippen LogP contribution in [0.4, 0.5) is 5.69 Å². The minimum atomic E-state index is -0.233. The largest absolute Gasteiger partial charge is 0.357 e. The monoisotopic (exact) mass is 488 g/mol. The number of unbranched alkanes of at least 4 members (excludes halogenated alkanes) is 1. The topological polar surface area (TPSA) is 87.2 Å². The number of aromatic nitrogens is 2. The first-order valence-corrected chi connectivity index (χ1v) is 12.9. The first-order chi connectivity index (χ1) is 17.4. The van der Waals surface area contributed by atoms with Crippen molar-refractivity contribution in [3.05, 3.63) is 76.4 Å². The number of likely N-dealkylation sites (tertiary alicyclic amines) is 1. The molecule has 2 amide bonds. The van der Waals surface area contributed by atoms with E-state index in [9.17, 15) is 14.4 Å². The maximum absolute atomic E-state index is 13.0. The van der Waals surface area contributed by atoms with Gasteiger partial charge in [0.25, 0.3) is 5.56 Å². The van der Waals surface area contributed by atoms with Crippen molar-refractivity contribution in [2.75, 3.05) is 18.4 Å². The Balaban J connectivity index is 1.33. The molecule has 1 aromatic carbocycles. The molecular formula is C29H36N4O3. The van der Waals surface area contributed by atoms with Crippen molar-refractivity contribution in [2.24, 2.45) is 5.92 Å². The number of H-pyrrole nitrogens is 1. The molecule has 0 aliphatic carbocycles. The average molecular weight is 489 g/mol. The van der Waals surface area contributed by atoms with Crippen molar-refractivity contribution >= 4 is 28.4 Å². The Kier molecular flexibility index (Phi) is 8.41. The van der Waals surface area contributed by atoms with Crippen molar-refractivity contribution in [2.45, 2.75) is 58.9 Å². The summed E-state index contributed by atoms with van der Waals surface area (Å²) in [7, 11) is 0. The quantitative estimate of drug-likeness (QED) is 0.315. The van der Waals surface area contributed by atoms with E-state index in [-0.39, 0.29) is 29.5 Å². The van der Waals surface area contributed by atoms with Crippen LogP contribution in [-0.4, -0.2) is 39.4 Å². The molecule has 0 radical (unpaired) electrons. The van der Waals surface area contributed by atoms with Crippen LogP contribution in [0.25, 0.3) is 10.9 Å². The molecule has 1 fully saturated rings. The fraction of sp³-hybridized carbons (Fsp3) is 0.414. The third-order valence-corrected chi connectivity index (χ3v) is 6.51. The highest BCUT2D eigenvalue weighted by molar-refractivity contribution is 5.90. The van der Waals surface area contributed by atoms with Crippen LogP contribution in [0.2, 0.25) is 0 Å². The summed E-state index contributed by atoms with van der Waals surface area (Å²) in [5.74, 6) is 0.402. The Labute approximate surface area is 212 Å². The molecule has 36 heavy (non-hydrogen) atoms. The predicted octanol–water partition coefficient (Wildman–Crippen LogP) is 4.86. The summed E-state index contributed by atoms with van der Waals surface area (Å²) in [6.07, 6.45) is 9.85. The Hall–Kier alpha value is -3.61. The standard InChI is InChI=1S/C29H36N4O3/c1-21(2)18-22-10-8-11-23-19-24(30-28(22)23)20-33-17-9-12-25(29(33)36)31-26(34)13-4-3-5-14-27(35)32-15-6-7-16-32/h5,8-12,14,17,19,21,30H,3-4,6-7,13,15-16,18,20H2,1-2H3,(H,31,34)/b14-5+. The zero-order valence-corrected chi connectivity index (χ0v) is 21.3. The van der Waals surface area contributed by atoms with Gasteiger partial charge in [-0.05, 0) is 73.2 Å². The van der Waals surface area contributed by atoms with Gasteiger partial charge in [0.1, 0.15) is 5.69 Å². The van der Waals surface area contributed by atoms with Gasteiger partial charge in [-0.15, -0.1) is 0 Å². The molecule has 4 rings (SSSR count). The number of hydrogen-bond donors (Lipinski definition) is 2. The summed E-state index contributed by atoms with van der Waals surface area (Å²) in [5, 5.41) is 3.89. The lowest BCUT2D eigenvalue weighted by molar-refractivity contribution is -0.125. The van der Waals surface area contributed by atoms with Crippen LogP contribution in [-0.2, 0) is 22.6 Å². The van der Waals surface area contributed by atoms with Gasteiger partial charge in [0.05, 0.1) is 6.54 Å². The molecular weight excluding hydrogens is 452 g/mol. The van der Waals surface area contributed by atoms with E-state index in [0.717, 1.165) is 48.9 Å². The second-order valence-electron chi connectivity index (χ2n) is 10.0. The fourth-order valence-corrected chi connectivity index (χ4v) is 4.73. The zero-order chi connectivity index (χ0) is 25.5. The van der Waals surface area contributed by atoms with Crippen LogP contribution in [0.1, 0.15) is 57.2 Å². The first kappa shape index (κ1) is 25.5. The lowest BCUT2D eigenvalue weighted by Crippen LogP contribution is -2.25. The number of carbonyl (C=O) groups is 2. The van der Waals surface area contributed by atoms with Crippen LogP contribution in [0.15, 0.2) is 59.5 Å². The van der Waals surface area contributed by atoms with Crippen molar-refractivity contribution in [1.82, 2.24) is 14.5 Å². The lowest BCUT2D eigenvalue weighted by Gasteiger charge is -2.11. The molecule has 0 spiro atoms. The number of nitrogens with zero attached hydrogens (tertiary/aromatic N) is 2. The molecule has 2 N–H and O–H groups in total. The number of rotatable bonds is 10. The molecule has 0 unspecified atom stereocenters. The summed E-state index contributed by atoms with van der Waals surface area (Å²) >= 11 is 0. The van der Waals surface area contributed by atoms with Gasteiger partial charge >= 0.3 is 0 Å². The number of fused-ring (bicyclic) bond motifs is 1. The summed E-state index contributed by atoms with van der Waals surface area (Å²) in [5.41, 5.74) is 3.39. The van der Waals surface area contributed by atoms with E-state index in [1.165, 1.54) is 5.56 Å². The summed E-state index contributed by atoms with van der Waals surface area (Å²) in [4.78, 5) is 42.8. The van der Waals surface area contributed by atoms with Gasteiger partial charge in [-0.1, -0.05) is 38.1 Å². The van der Waals surface area contributed by atoms with E-state index in [1.54, 1.807) is 29.0 Å². The van der Waals surface area contributed by atoms with E-state index in [2.05, 4.69) is 48.4 Å². The second-order valence-corrected chi connectivity index (χ2v) is 10.0. The third-order valence-electron chi connectivity index (χ3n) is 6.51. The van der Waals surface area contributed by atoms with Gasteiger partial charge < -0.3 is 19.8 Å². The summed E-state index contributed by atoms with van der Waals surface area (Å²) in [6.45, 7) is 6.47. The van der Waals surface area contributed by atoms with Crippen LogP contribution in [0.3, 0.4) is 0 Å². The Morgan fingerprint density at radius 1 is 1.14 bits per heavy atom. The van der Waals surface area contributed by atoms with E-state index < -0.39 is 0 Å². The number of allylic oxidation sites excluding steroid dienone is 1. The number of nitrogens with one attached hydrogen (secondary N) is 2. The molecule has 3 aromatic rings. The van der Waals surface area contributed by atoms with Gasteiger partial charge in [-0.2, -0.15) is 0 Å². The molecule has 2 aromatic heterocycles. The second kappa shape index (κ2) is 11.9. The van der Waals surface area contributed by atoms with Crippen LogP contribution < -0.4 is 10.9 Å². The maximum Gasteiger partial charge on any atom is 0.274 e. The van der Waals surface area contributed by atoms with Crippen LogP contribution in [0.5, 0.6) is 0 Å². The molecule has 7 heteroatoms. The predicted molar refractivity (Wildman–Crippen MR) is 144 cm³/mol. The van der Waals surface area contributed by atoms with Gasteiger partial charge in [0, 0.05) is 36.9 Å². The van der Waals surface area contributed by atoms with E-state index in [1.807, 2.05) is 11.0 Å². The van der Waals surface area contributed by atoms with E-state index in [0.29, 0.717) is 25.3 Å². The molecule has 0 bridgehead atoms. The van der Waals surface area contributed by atoms with Gasteiger partial charge in [0.2, 0.25) is 11.8 Å².